The molecule has 1 aromatic heterocycles. The van der Waals surface area contributed by atoms with Crippen molar-refractivity contribution in [1.29, 1.82) is 5.26 Å². The second-order valence-electron chi connectivity index (χ2n) is 6.79. The zero-order valence-corrected chi connectivity index (χ0v) is 16.8. The lowest BCUT2D eigenvalue weighted by molar-refractivity contribution is -0.134. The molecule has 0 radical (unpaired) electrons. The van der Waals surface area contributed by atoms with Gasteiger partial charge in [0.05, 0.1) is 36.7 Å². The molecular formula is C22H22N4O2S. The number of aromatic nitrogens is 2. The molecule has 3 aromatic rings. The van der Waals surface area contributed by atoms with E-state index < -0.39 is 5.25 Å². The first-order chi connectivity index (χ1) is 14.3. The number of ether oxygens (including phenoxy) is 1. The summed E-state index contributed by atoms with van der Waals surface area (Å²) in [4.78, 5) is 20.1. The minimum atomic E-state index is -0.396. The van der Waals surface area contributed by atoms with Crippen LogP contribution in [0.5, 0.6) is 0 Å². The second kappa shape index (κ2) is 9.12. The van der Waals surface area contributed by atoms with E-state index in [2.05, 4.69) is 6.07 Å². The van der Waals surface area contributed by atoms with Crippen molar-refractivity contribution >= 4 is 28.7 Å². The van der Waals surface area contributed by atoms with Crippen molar-refractivity contribution < 1.29 is 9.53 Å². The lowest BCUT2D eigenvalue weighted by atomic mass is 10.1. The van der Waals surface area contributed by atoms with Gasteiger partial charge in [-0.1, -0.05) is 54.2 Å². The van der Waals surface area contributed by atoms with Crippen LogP contribution in [-0.2, 0) is 16.1 Å². The smallest absolute Gasteiger partial charge is 0.240 e. The van der Waals surface area contributed by atoms with Crippen LogP contribution in [0.2, 0.25) is 0 Å². The molecule has 7 heteroatoms. The number of nitrogens with zero attached hydrogens (tertiary/aromatic N) is 4. The summed E-state index contributed by atoms with van der Waals surface area (Å²) < 4.78 is 7.46. The van der Waals surface area contributed by atoms with E-state index in [1.54, 1.807) is 0 Å². The van der Waals surface area contributed by atoms with E-state index in [4.69, 9.17) is 15.0 Å². The van der Waals surface area contributed by atoms with Gasteiger partial charge in [0.15, 0.2) is 5.16 Å². The third-order valence-electron chi connectivity index (χ3n) is 4.94. The fourth-order valence-electron chi connectivity index (χ4n) is 3.47. The van der Waals surface area contributed by atoms with E-state index in [9.17, 15) is 4.79 Å². The van der Waals surface area contributed by atoms with Gasteiger partial charge in [0, 0.05) is 19.6 Å². The largest absolute Gasteiger partial charge is 0.378 e. The predicted molar refractivity (Wildman–Crippen MR) is 112 cm³/mol. The number of carbonyl (C=O) groups is 1. The Morgan fingerprint density at radius 3 is 2.62 bits per heavy atom. The summed E-state index contributed by atoms with van der Waals surface area (Å²) in [6, 6.07) is 19.9. The van der Waals surface area contributed by atoms with Gasteiger partial charge in [-0.2, -0.15) is 5.26 Å². The Labute approximate surface area is 174 Å². The first-order valence-electron chi connectivity index (χ1n) is 9.68. The molecule has 29 heavy (non-hydrogen) atoms. The predicted octanol–water partition coefficient (Wildman–Crippen LogP) is 3.64. The average molecular weight is 407 g/mol. The number of hydrogen-bond acceptors (Lipinski definition) is 5. The number of amides is 1. The van der Waals surface area contributed by atoms with Gasteiger partial charge in [-0.15, -0.1) is 0 Å². The third kappa shape index (κ3) is 4.29. The molecule has 1 saturated heterocycles. The van der Waals surface area contributed by atoms with Crippen LogP contribution in [0.1, 0.15) is 17.2 Å². The molecule has 6 nitrogen and oxygen atoms in total. The van der Waals surface area contributed by atoms with E-state index in [1.165, 1.54) is 11.8 Å². The molecule has 2 aromatic carbocycles. The van der Waals surface area contributed by atoms with Crippen LogP contribution < -0.4 is 0 Å². The highest BCUT2D eigenvalue weighted by Crippen LogP contribution is 2.38. The fourth-order valence-corrected chi connectivity index (χ4v) is 4.69. The number of thioether (sulfide) groups is 1. The maximum atomic E-state index is 13.4. The number of carbonyl (C=O) groups excluding carboxylic acids is 1. The SMILES string of the molecule is N#CCCn1c(S[C@@H](C(=O)N2CCOCC2)c2ccccc2)nc2ccccc21. The van der Waals surface area contributed by atoms with Gasteiger partial charge in [0.25, 0.3) is 0 Å². The highest BCUT2D eigenvalue weighted by molar-refractivity contribution is 8.00. The van der Waals surface area contributed by atoms with Crippen LogP contribution in [0, 0.1) is 11.3 Å². The number of fused-ring (bicyclic) bond motifs is 1. The van der Waals surface area contributed by atoms with Crippen molar-refractivity contribution in [3.63, 3.8) is 0 Å². The van der Waals surface area contributed by atoms with Crippen molar-refractivity contribution in [2.45, 2.75) is 23.4 Å². The van der Waals surface area contributed by atoms with Crippen molar-refractivity contribution in [2.75, 3.05) is 26.3 Å². The molecular weight excluding hydrogens is 384 g/mol. The lowest BCUT2D eigenvalue weighted by Gasteiger charge is -2.30. The first-order valence-corrected chi connectivity index (χ1v) is 10.6. The number of morpholine rings is 1. The third-order valence-corrected chi connectivity index (χ3v) is 6.17. The highest BCUT2D eigenvalue weighted by atomic mass is 32.2. The van der Waals surface area contributed by atoms with E-state index >= 15 is 0 Å². The maximum absolute atomic E-state index is 13.4. The summed E-state index contributed by atoms with van der Waals surface area (Å²) in [5.74, 6) is 0.0726. The molecule has 1 fully saturated rings. The molecule has 4 rings (SSSR count). The molecule has 148 valence electrons. The number of para-hydroxylation sites is 2. The minimum Gasteiger partial charge on any atom is -0.378 e. The van der Waals surface area contributed by atoms with Gasteiger partial charge in [-0.05, 0) is 17.7 Å². The van der Waals surface area contributed by atoms with Crippen molar-refractivity contribution in [3.8, 4) is 6.07 Å². The fraction of sp³-hybridized carbons (Fsp3) is 0.318. The summed E-state index contributed by atoms with van der Waals surface area (Å²) in [5, 5.41) is 9.45. The molecule has 0 aliphatic carbocycles. The Morgan fingerprint density at radius 1 is 1.14 bits per heavy atom. The number of nitriles is 1. The second-order valence-corrected chi connectivity index (χ2v) is 7.86. The van der Waals surface area contributed by atoms with Crippen LogP contribution in [-0.4, -0.2) is 46.7 Å². The summed E-state index contributed by atoms with van der Waals surface area (Å²) in [7, 11) is 0. The van der Waals surface area contributed by atoms with E-state index in [0.29, 0.717) is 39.3 Å². The number of rotatable bonds is 6. The topological polar surface area (TPSA) is 71.2 Å². The standard InChI is InChI=1S/C22H22N4O2S/c23-11-6-12-26-19-10-5-4-9-18(19)24-22(26)29-20(17-7-2-1-3-8-17)21(27)25-13-15-28-16-14-25/h1-5,7-10,20H,6,12-16H2/t20-/m1/s1. The van der Waals surface area contributed by atoms with Crippen LogP contribution in [0.3, 0.4) is 0 Å². The Balaban J connectivity index is 1.71. The number of imidazole rings is 1. The lowest BCUT2D eigenvalue weighted by Crippen LogP contribution is -2.42. The molecule has 0 N–H and O–H groups in total. The van der Waals surface area contributed by atoms with E-state index in [-0.39, 0.29) is 5.91 Å². The van der Waals surface area contributed by atoms with Crippen molar-refractivity contribution in [3.05, 3.63) is 60.2 Å². The Bertz CT molecular complexity index is 1020. The van der Waals surface area contributed by atoms with Crippen molar-refractivity contribution in [1.82, 2.24) is 14.5 Å². The number of hydrogen-bond donors (Lipinski definition) is 0. The van der Waals surface area contributed by atoms with Gasteiger partial charge in [0.1, 0.15) is 5.25 Å². The van der Waals surface area contributed by atoms with Crippen LogP contribution in [0.25, 0.3) is 11.0 Å². The zero-order chi connectivity index (χ0) is 20.1. The van der Waals surface area contributed by atoms with Gasteiger partial charge >= 0.3 is 0 Å². The van der Waals surface area contributed by atoms with Gasteiger partial charge in [-0.3, -0.25) is 4.79 Å². The van der Waals surface area contributed by atoms with Gasteiger partial charge in [-0.25, -0.2) is 4.98 Å². The molecule has 0 bridgehead atoms. The maximum Gasteiger partial charge on any atom is 0.240 e. The normalized spacial score (nSPS) is 15.2. The molecule has 1 aliphatic heterocycles. The number of benzene rings is 2. The molecule has 0 spiro atoms. The summed E-state index contributed by atoms with van der Waals surface area (Å²) in [6.07, 6.45) is 0.390. The minimum absolute atomic E-state index is 0.0726. The van der Waals surface area contributed by atoms with E-state index in [1.807, 2.05) is 64.1 Å². The zero-order valence-electron chi connectivity index (χ0n) is 16.0. The average Bonchev–Trinajstić information content (AvgIpc) is 3.14. The first kappa shape index (κ1) is 19.5. The van der Waals surface area contributed by atoms with Gasteiger partial charge < -0.3 is 14.2 Å². The molecule has 2 heterocycles. The molecule has 1 aliphatic rings. The quantitative estimate of drug-likeness (QED) is 0.585. The summed E-state index contributed by atoms with van der Waals surface area (Å²) >= 11 is 1.46. The molecule has 0 saturated carbocycles. The highest BCUT2D eigenvalue weighted by Gasteiger charge is 2.30. The Hall–Kier alpha value is -2.82. The monoisotopic (exact) mass is 406 g/mol. The molecule has 0 unspecified atom stereocenters. The Morgan fingerprint density at radius 2 is 1.86 bits per heavy atom. The molecule has 1 amide bonds. The van der Waals surface area contributed by atoms with Gasteiger partial charge in [0.2, 0.25) is 5.91 Å². The van der Waals surface area contributed by atoms with Crippen molar-refractivity contribution in [2.24, 2.45) is 0 Å². The van der Waals surface area contributed by atoms with Crippen LogP contribution in [0.4, 0.5) is 0 Å². The van der Waals surface area contributed by atoms with Crippen LogP contribution in [0.15, 0.2) is 59.8 Å². The number of aryl methyl sites for hydroxylation is 1. The molecule has 1 atom stereocenters. The summed E-state index contributed by atoms with van der Waals surface area (Å²) in [6.45, 7) is 2.89. The Kier molecular flexibility index (Phi) is 6.13. The van der Waals surface area contributed by atoms with Crippen LogP contribution >= 0.6 is 11.8 Å². The summed E-state index contributed by atoms with van der Waals surface area (Å²) in [5.41, 5.74) is 2.81. The van der Waals surface area contributed by atoms with E-state index in [0.717, 1.165) is 21.8 Å².